The van der Waals surface area contributed by atoms with Crippen molar-refractivity contribution in [2.24, 2.45) is 11.5 Å². The first-order valence-corrected chi connectivity index (χ1v) is 14.5. The van der Waals surface area contributed by atoms with E-state index in [-0.39, 0.29) is 31.6 Å². The number of phenolic OH excluding ortho intramolecular Hbond substituents is 1. The minimum absolute atomic E-state index is 0.139. The number of aromatic hydroxyl groups is 1. The molecule has 10 nitrogen and oxygen atoms in total. The maximum atomic E-state index is 13.6. The van der Waals surface area contributed by atoms with Crippen LogP contribution in [-0.4, -0.2) is 64.3 Å². The van der Waals surface area contributed by atoms with Gasteiger partial charge in [-0.05, 0) is 60.2 Å². The fourth-order valence-corrected chi connectivity index (χ4v) is 5.45. The van der Waals surface area contributed by atoms with E-state index in [2.05, 4.69) is 10.6 Å². The second-order valence-corrected chi connectivity index (χ2v) is 11.1. The van der Waals surface area contributed by atoms with Crippen LogP contribution in [0.25, 0.3) is 0 Å². The third-order valence-corrected chi connectivity index (χ3v) is 7.79. The molecule has 1 heterocycles. The average Bonchev–Trinajstić information content (AvgIpc) is 3.49. The maximum absolute atomic E-state index is 13.6. The Morgan fingerprint density at radius 2 is 1.41 bits per heavy atom. The van der Waals surface area contributed by atoms with Crippen molar-refractivity contribution in [3.63, 3.8) is 0 Å². The van der Waals surface area contributed by atoms with Gasteiger partial charge in [0, 0.05) is 19.4 Å². The first-order valence-electron chi connectivity index (χ1n) is 14.5. The molecule has 0 saturated heterocycles. The van der Waals surface area contributed by atoms with Gasteiger partial charge < -0.3 is 32.1 Å². The summed E-state index contributed by atoms with van der Waals surface area (Å²) in [5, 5.41) is 15.4. The predicted molar refractivity (Wildman–Crippen MR) is 167 cm³/mol. The molecule has 0 unspecified atom stereocenters. The van der Waals surface area contributed by atoms with Crippen LogP contribution in [0, 0.1) is 13.8 Å². The standard InChI is InChI=1S/C34H39N5O5/c1-21-16-25(40)17-22(2)26(21)20-27(35)34(44)39-15-9-14-30(39)33(43)38-29(19-24-12-7-4-8-13-24)32(42)37-28(31(36)41)18-23-10-5-3-6-11-23/h3-14,16-17,27-30,40H,15,18-20,35H2,1-2H3,(H2,36,41)(H,37,42)(H,38,43)/t27-,28-,29-,30-/m0/s1. The van der Waals surface area contributed by atoms with Crippen LogP contribution in [0.1, 0.15) is 27.8 Å². The lowest BCUT2D eigenvalue weighted by molar-refractivity contribution is -0.139. The van der Waals surface area contributed by atoms with Crippen molar-refractivity contribution in [2.45, 2.75) is 57.3 Å². The summed E-state index contributed by atoms with van der Waals surface area (Å²) in [5.41, 5.74) is 16.1. The maximum Gasteiger partial charge on any atom is 0.247 e. The molecule has 0 saturated carbocycles. The number of carbonyl (C=O) groups is 4. The van der Waals surface area contributed by atoms with Crippen molar-refractivity contribution >= 4 is 23.6 Å². The number of benzene rings is 3. The summed E-state index contributed by atoms with van der Waals surface area (Å²) >= 11 is 0. The van der Waals surface area contributed by atoms with Gasteiger partial charge in [-0.1, -0.05) is 72.8 Å². The number of rotatable bonds is 12. The summed E-state index contributed by atoms with van der Waals surface area (Å²) in [6, 6.07) is 17.6. The van der Waals surface area contributed by atoms with Gasteiger partial charge in [0.05, 0.1) is 6.04 Å². The van der Waals surface area contributed by atoms with E-state index in [1.807, 2.05) is 74.5 Å². The van der Waals surface area contributed by atoms with Gasteiger partial charge in [0.1, 0.15) is 23.9 Å². The van der Waals surface area contributed by atoms with Crippen LogP contribution in [0.15, 0.2) is 84.9 Å². The van der Waals surface area contributed by atoms with Crippen LogP contribution in [0.2, 0.25) is 0 Å². The van der Waals surface area contributed by atoms with Gasteiger partial charge in [0.25, 0.3) is 0 Å². The number of aryl methyl sites for hydroxylation is 2. The van der Waals surface area contributed by atoms with Crippen LogP contribution >= 0.6 is 0 Å². The number of primary amides is 1. The third kappa shape index (κ3) is 8.11. The lowest BCUT2D eigenvalue weighted by atomic mass is 9.95. The molecule has 7 N–H and O–H groups in total. The van der Waals surface area contributed by atoms with Gasteiger partial charge in [-0.2, -0.15) is 0 Å². The van der Waals surface area contributed by atoms with E-state index in [0.717, 1.165) is 27.8 Å². The summed E-state index contributed by atoms with van der Waals surface area (Å²) < 4.78 is 0. The number of phenols is 1. The number of hydrogen-bond acceptors (Lipinski definition) is 6. The Labute approximate surface area is 257 Å². The van der Waals surface area contributed by atoms with Gasteiger partial charge in [0.2, 0.25) is 23.6 Å². The summed E-state index contributed by atoms with van der Waals surface area (Å²) in [4.78, 5) is 54.3. The number of nitrogens with zero attached hydrogens (tertiary/aromatic N) is 1. The molecular weight excluding hydrogens is 558 g/mol. The zero-order chi connectivity index (χ0) is 31.8. The molecule has 0 bridgehead atoms. The van der Waals surface area contributed by atoms with Crippen molar-refractivity contribution in [3.05, 3.63) is 113 Å². The van der Waals surface area contributed by atoms with Gasteiger partial charge in [-0.15, -0.1) is 0 Å². The summed E-state index contributed by atoms with van der Waals surface area (Å²) in [6.07, 6.45) is 3.89. The molecule has 4 rings (SSSR count). The fourth-order valence-electron chi connectivity index (χ4n) is 5.45. The molecule has 0 aromatic heterocycles. The summed E-state index contributed by atoms with van der Waals surface area (Å²) in [6.45, 7) is 3.87. The molecule has 230 valence electrons. The lowest BCUT2D eigenvalue weighted by Crippen LogP contribution is -2.58. The second kappa shape index (κ2) is 14.5. The molecule has 0 fully saturated rings. The minimum atomic E-state index is -1.05. The van der Waals surface area contributed by atoms with E-state index in [9.17, 15) is 24.3 Å². The molecule has 0 aliphatic carbocycles. The number of amides is 4. The number of nitrogens with two attached hydrogens (primary N) is 2. The van der Waals surface area contributed by atoms with E-state index < -0.39 is 47.8 Å². The van der Waals surface area contributed by atoms with E-state index in [1.54, 1.807) is 24.3 Å². The van der Waals surface area contributed by atoms with Crippen LogP contribution in [0.4, 0.5) is 0 Å². The zero-order valence-electron chi connectivity index (χ0n) is 24.9. The molecule has 4 atom stereocenters. The van der Waals surface area contributed by atoms with Gasteiger partial charge in [-0.3, -0.25) is 19.2 Å². The highest BCUT2D eigenvalue weighted by Crippen LogP contribution is 2.23. The number of hydrogen-bond donors (Lipinski definition) is 5. The highest BCUT2D eigenvalue weighted by molar-refractivity contribution is 5.96. The van der Waals surface area contributed by atoms with Crippen LogP contribution in [0.5, 0.6) is 5.75 Å². The van der Waals surface area contributed by atoms with Crippen molar-refractivity contribution in [2.75, 3.05) is 6.54 Å². The summed E-state index contributed by atoms with van der Waals surface area (Å²) in [5.74, 6) is -2.10. The second-order valence-electron chi connectivity index (χ2n) is 11.1. The minimum Gasteiger partial charge on any atom is -0.508 e. The highest BCUT2D eigenvalue weighted by Gasteiger charge is 2.36. The van der Waals surface area contributed by atoms with E-state index in [1.165, 1.54) is 4.90 Å². The van der Waals surface area contributed by atoms with Crippen molar-refractivity contribution < 1.29 is 24.3 Å². The van der Waals surface area contributed by atoms with Crippen molar-refractivity contribution in [1.82, 2.24) is 15.5 Å². The van der Waals surface area contributed by atoms with Gasteiger partial charge >= 0.3 is 0 Å². The van der Waals surface area contributed by atoms with Crippen LogP contribution < -0.4 is 22.1 Å². The Morgan fingerprint density at radius 1 is 0.864 bits per heavy atom. The largest absolute Gasteiger partial charge is 0.508 e. The molecule has 0 spiro atoms. The zero-order valence-corrected chi connectivity index (χ0v) is 24.9. The first-order chi connectivity index (χ1) is 21.0. The Morgan fingerprint density at radius 3 is 1.95 bits per heavy atom. The smallest absolute Gasteiger partial charge is 0.247 e. The molecule has 1 aliphatic heterocycles. The van der Waals surface area contributed by atoms with Gasteiger partial charge in [0.15, 0.2) is 0 Å². The number of carbonyl (C=O) groups excluding carboxylic acids is 4. The van der Waals surface area contributed by atoms with Crippen LogP contribution in [0.3, 0.4) is 0 Å². The molecule has 1 aliphatic rings. The topological polar surface area (TPSA) is 168 Å². The highest BCUT2D eigenvalue weighted by atomic mass is 16.3. The first kappa shape index (κ1) is 32.0. The molecular formula is C34H39N5O5. The Hall–Kier alpha value is -4.96. The monoisotopic (exact) mass is 597 g/mol. The van der Waals surface area contributed by atoms with Gasteiger partial charge in [-0.25, -0.2) is 0 Å². The van der Waals surface area contributed by atoms with E-state index >= 15 is 0 Å². The normalized spacial score (nSPS) is 16.2. The van der Waals surface area contributed by atoms with Crippen molar-refractivity contribution in [3.8, 4) is 5.75 Å². The molecule has 4 amide bonds. The summed E-state index contributed by atoms with van der Waals surface area (Å²) in [7, 11) is 0. The predicted octanol–water partition coefficient (Wildman–Crippen LogP) is 1.59. The third-order valence-electron chi connectivity index (χ3n) is 7.79. The van der Waals surface area contributed by atoms with Crippen LogP contribution in [-0.2, 0) is 38.4 Å². The quantitative estimate of drug-likeness (QED) is 0.199. The molecule has 3 aromatic carbocycles. The lowest BCUT2D eigenvalue weighted by Gasteiger charge is -2.29. The van der Waals surface area contributed by atoms with E-state index in [0.29, 0.717) is 0 Å². The molecule has 0 radical (unpaired) electrons. The Kier molecular flexibility index (Phi) is 10.5. The fraction of sp³-hybridized carbons (Fsp3) is 0.294. The average molecular weight is 598 g/mol. The molecule has 10 heteroatoms. The molecule has 3 aromatic rings. The molecule has 44 heavy (non-hydrogen) atoms. The van der Waals surface area contributed by atoms with E-state index in [4.69, 9.17) is 11.5 Å². The SMILES string of the molecule is Cc1cc(O)cc(C)c1C[C@H](N)C(=O)N1CC=C[C@H]1C(=O)N[C@@H](Cc1ccccc1)C(=O)N[C@@H](Cc1ccccc1)C(N)=O. The Balaban J connectivity index is 1.49. The number of nitrogens with one attached hydrogen (secondary N) is 2. The van der Waals surface area contributed by atoms with Crippen molar-refractivity contribution in [1.29, 1.82) is 0 Å². The Bertz CT molecular complexity index is 1500.